The first-order valence-electron chi connectivity index (χ1n) is 6.92. The lowest BCUT2D eigenvalue weighted by molar-refractivity contribution is 0.500. The largest absolute Gasteiger partial charge is 0.466 e. The van der Waals surface area contributed by atoms with Gasteiger partial charge in [-0.15, -0.1) is 0 Å². The maximum absolute atomic E-state index is 5.74. The predicted molar refractivity (Wildman–Crippen MR) is 82.0 cm³/mol. The number of hydrogen-bond acceptors (Lipinski definition) is 1. The molecule has 0 N–H and O–H groups in total. The predicted octanol–water partition coefficient (Wildman–Crippen LogP) is 5.08. The Morgan fingerprint density at radius 3 is 1.65 bits per heavy atom. The van der Waals surface area contributed by atoms with Crippen LogP contribution in [0.1, 0.15) is 34.1 Å². The monoisotopic (exact) mass is 262 g/mol. The molecule has 0 aliphatic carbocycles. The van der Waals surface area contributed by atoms with Crippen LogP contribution in [0.5, 0.6) is 0 Å². The highest BCUT2D eigenvalue weighted by Crippen LogP contribution is 2.34. The summed E-state index contributed by atoms with van der Waals surface area (Å²) in [5, 5.41) is 0. The highest BCUT2D eigenvalue weighted by atomic mass is 16.3. The van der Waals surface area contributed by atoms with Crippen molar-refractivity contribution in [2.75, 3.05) is 0 Å². The molecule has 0 atom stereocenters. The first-order chi connectivity index (χ1) is 9.75. The molecule has 0 bridgehead atoms. The van der Waals surface area contributed by atoms with Crippen LogP contribution in [0.15, 0.2) is 71.1 Å². The molecule has 0 radical (unpaired) electrons. The number of hydrogen-bond donors (Lipinski definition) is 0. The van der Waals surface area contributed by atoms with Crippen LogP contribution in [-0.2, 0) is 0 Å². The van der Waals surface area contributed by atoms with Gasteiger partial charge in [0.1, 0.15) is 11.5 Å². The first kappa shape index (κ1) is 12.7. The van der Waals surface area contributed by atoms with E-state index in [0.29, 0.717) is 0 Å². The molecule has 3 aromatic rings. The van der Waals surface area contributed by atoms with Crippen molar-refractivity contribution in [3.05, 3.63) is 94.9 Å². The van der Waals surface area contributed by atoms with Crippen LogP contribution in [0.4, 0.5) is 0 Å². The van der Waals surface area contributed by atoms with E-state index in [4.69, 9.17) is 4.42 Å². The molecule has 0 unspecified atom stereocenters. The van der Waals surface area contributed by atoms with Crippen molar-refractivity contribution >= 4 is 0 Å². The summed E-state index contributed by atoms with van der Waals surface area (Å²) in [6.45, 7) is 4.05. The zero-order valence-electron chi connectivity index (χ0n) is 11.8. The smallest absolute Gasteiger partial charge is 0.105 e. The summed E-state index contributed by atoms with van der Waals surface area (Å²) in [7, 11) is 0. The first-order valence-corrected chi connectivity index (χ1v) is 6.92. The molecule has 0 spiro atoms. The Morgan fingerprint density at radius 1 is 0.750 bits per heavy atom. The molecule has 1 nitrogen and oxygen atoms in total. The Hall–Kier alpha value is -2.28. The van der Waals surface area contributed by atoms with Crippen molar-refractivity contribution in [1.29, 1.82) is 0 Å². The zero-order valence-corrected chi connectivity index (χ0v) is 11.8. The van der Waals surface area contributed by atoms with Crippen molar-refractivity contribution in [3.8, 4) is 0 Å². The van der Waals surface area contributed by atoms with Crippen LogP contribution in [0.2, 0.25) is 0 Å². The summed E-state index contributed by atoms with van der Waals surface area (Å²) < 4.78 is 5.74. The molecule has 0 saturated carbocycles. The van der Waals surface area contributed by atoms with E-state index in [1.54, 1.807) is 0 Å². The molecular weight excluding hydrogens is 244 g/mol. The lowest BCUT2D eigenvalue weighted by atomic mass is 9.85. The second-order valence-electron chi connectivity index (χ2n) is 5.12. The number of aryl methyl sites for hydroxylation is 2. The second kappa shape index (κ2) is 5.38. The van der Waals surface area contributed by atoms with Crippen LogP contribution < -0.4 is 0 Å². The van der Waals surface area contributed by atoms with E-state index in [1.165, 1.54) is 16.7 Å². The van der Waals surface area contributed by atoms with E-state index in [9.17, 15) is 0 Å². The molecule has 20 heavy (non-hydrogen) atoms. The zero-order chi connectivity index (χ0) is 13.9. The van der Waals surface area contributed by atoms with Gasteiger partial charge in [0.25, 0.3) is 0 Å². The fourth-order valence-electron chi connectivity index (χ4n) is 2.78. The Balaban J connectivity index is 2.16. The summed E-state index contributed by atoms with van der Waals surface area (Å²) >= 11 is 0. The van der Waals surface area contributed by atoms with Gasteiger partial charge in [0.2, 0.25) is 0 Å². The third-order valence-electron chi connectivity index (χ3n) is 3.66. The molecule has 0 saturated heterocycles. The highest BCUT2D eigenvalue weighted by molar-refractivity contribution is 5.44. The molecule has 0 fully saturated rings. The van der Waals surface area contributed by atoms with Gasteiger partial charge in [-0.1, -0.05) is 60.7 Å². The van der Waals surface area contributed by atoms with Crippen molar-refractivity contribution in [1.82, 2.24) is 0 Å². The molecule has 2 aromatic carbocycles. The van der Waals surface area contributed by atoms with Gasteiger partial charge in [-0.05, 0) is 31.0 Å². The summed E-state index contributed by atoms with van der Waals surface area (Å²) in [4.78, 5) is 0. The van der Waals surface area contributed by atoms with Gasteiger partial charge in [0, 0.05) is 11.5 Å². The van der Waals surface area contributed by atoms with Crippen LogP contribution in [-0.4, -0.2) is 0 Å². The normalized spacial score (nSPS) is 10.9. The van der Waals surface area contributed by atoms with Crippen LogP contribution >= 0.6 is 0 Å². The Labute approximate surface area is 119 Å². The summed E-state index contributed by atoms with van der Waals surface area (Å²) in [6.07, 6.45) is 0. The Bertz CT molecular complexity index is 641. The van der Waals surface area contributed by atoms with Crippen molar-refractivity contribution in [2.24, 2.45) is 0 Å². The SMILES string of the molecule is Cc1cc(C(c2ccccc2)c2ccccc2)c(C)o1. The molecule has 1 heterocycles. The molecule has 0 aliphatic heterocycles. The third-order valence-corrected chi connectivity index (χ3v) is 3.66. The van der Waals surface area contributed by atoms with E-state index >= 15 is 0 Å². The lowest BCUT2D eigenvalue weighted by Crippen LogP contribution is -2.03. The molecule has 3 rings (SSSR count). The third kappa shape index (κ3) is 2.39. The maximum Gasteiger partial charge on any atom is 0.105 e. The Kier molecular flexibility index (Phi) is 3.42. The number of benzene rings is 2. The number of furan rings is 1. The van der Waals surface area contributed by atoms with E-state index in [-0.39, 0.29) is 5.92 Å². The summed E-state index contributed by atoms with van der Waals surface area (Å²) in [5.41, 5.74) is 3.84. The lowest BCUT2D eigenvalue weighted by Gasteiger charge is -2.17. The van der Waals surface area contributed by atoms with Crippen molar-refractivity contribution in [3.63, 3.8) is 0 Å². The highest BCUT2D eigenvalue weighted by Gasteiger charge is 2.20. The van der Waals surface area contributed by atoms with E-state index in [2.05, 4.69) is 66.7 Å². The molecule has 1 heteroatoms. The van der Waals surface area contributed by atoms with E-state index in [0.717, 1.165) is 11.5 Å². The Morgan fingerprint density at radius 2 is 1.25 bits per heavy atom. The van der Waals surface area contributed by atoms with Crippen LogP contribution in [0.3, 0.4) is 0 Å². The molecule has 100 valence electrons. The van der Waals surface area contributed by atoms with Gasteiger partial charge >= 0.3 is 0 Å². The van der Waals surface area contributed by atoms with Gasteiger partial charge < -0.3 is 4.42 Å². The minimum Gasteiger partial charge on any atom is -0.466 e. The minimum absolute atomic E-state index is 0.231. The van der Waals surface area contributed by atoms with Gasteiger partial charge in [-0.25, -0.2) is 0 Å². The van der Waals surface area contributed by atoms with Crippen molar-refractivity contribution < 1.29 is 4.42 Å². The van der Waals surface area contributed by atoms with Crippen LogP contribution in [0.25, 0.3) is 0 Å². The fourth-order valence-corrected chi connectivity index (χ4v) is 2.78. The maximum atomic E-state index is 5.74. The van der Waals surface area contributed by atoms with Gasteiger partial charge in [0.15, 0.2) is 0 Å². The van der Waals surface area contributed by atoms with E-state index < -0.39 is 0 Å². The summed E-state index contributed by atoms with van der Waals surface area (Å²) in [6, 6.07) is 23.3. The van der Waals surface area contributed by atoms with Gasteiger partial charge in [0.05, 0.1) is 0 Å². The topological polar surface area (TPSA) is 13.1 Å². The average molecular weight is 262 g/mol. The van der Waals surface area contributed by atoms with Gasteiger partial charge in [-0.2, -0.15) is 0 Å². The second-order valence-corrected chi connectivity index (χ2v) is 5.12. The summed E-state index contributed by atoms with van der Waals surface area (Å²) in [5.74, 6) is 2.20. The number of rotatable bonds is 3. The molecule has 1 aromatic heterocycles. The molecule has 0 amide bonds. The fraction of sp³-hybridized carbons (Fsp3) is 0.158. The standard InChI is InChI=1S/C19H18O/c1-14-13-18(15(2)20-14)19(16-9-5-3-6-10-16)17-11-7-4-8-12-17/h3-13,19H,1-2H3. The quantitative estimate of drug-likeness (QED) is 0.641. The molecule has 0 aliphatic rings. The van der Waals surface area contributed by atoms with Gasteiger partial charge in [-0.3, -0.25) is 0 Å². The average Bonchev–Trinajstić information content (AvgIpc) is 2.80. The van der Waals surface area contributed by atoms with E-state index in [1.807, 2.05) is 13.8 Å². The van der Waals surface area contributed by atoms with Crippen molar-refractivity contribution in [2.45, 2.75) is 19.8 Å². The minimum atomic E-state index is 0.231. The molecular formula is C19H18O. The van der Waals surface area contributed by atoms with Crippen LogP contribution in [0, 0.1) is 13.8 Å².